The maximum absolute atomic E-state index is 11.7. The van der Waals surface area contributed by atoms with Crippen molar-refractivity contribution in [1.82, 2.24) is 0 Å². The zero-order valence-corrected chi connectivity index (χ0v) is 18.7. The average Bonchev–Trinajstić information content (AvgIpc) is 2.71. The molecular formula is C23H46O6. The smallest absolute Gasteiger partial charge is 0.308 e. The average molecular weight is 419 g/mol. The van der Waals surface area contributed by atoms with Gasteiger partial charge in [-0.25, -0.2) is 0 Å². The third kappa shape index (κ3) is 19.0. The Morgan fingerprint density at radius 3 is 1.62 bits per heavy atom. The molecule has 3 N–H and O–H groups in total. The molecule has 0 amide bonds. The minimum absolute atomic E-state index is 0.0289. The van der Waals surface area contributed by atoms with Crippen LogP contribution >= 0.6 is 0 Å². The fraction of sp³-hybridized carbons (Fsp3) is 0.957. The first-order chi connectivity index (χ1) is 14.2. The van der Waals surface area contributed by atoms with E-state index in [0.717, 1.165) is 19.3 Å². The summed E-state index contributed by atoms with van der Waals surface area (Å²) in [5.41, 5.74) is 0. The van der Waals surface area contributed by atoms with Crippen LogP contribution in [-0.2, 0) is 14.3 Å². The minimum Gasteiger partial charge on any atom is -0.433 e. The summed E-state index contributed by atoms with van der Waals surface area (Å²) in [7, 11) is 0. The summed E-state index contributed by atoms with van der Waals surface area (Å²) in [5, 5.41) is 27.5. The van der Waals surface area contributed by atoms with Crippen LogP contribution in [0.4, 0.5) is 0 Å². The third-order valence-corrected chi connectivity index (χ3v) is 5.16. The summed E-state index contributed by atoms with van der Waals surface area (Å²) in [6.07, 6.45) is 16.7. The highest BCUT2D eigenvalue weighted by Crippen LogP contribution is 2.14. The molecule has 0 aromatic carbocycles. The molecule has 0 heterocycles. The van der Waals surface area contributed by atoms with Gasteiger partial charge in [-0.15, -0.1) is 0 Å². The topological polar surface area (TPSA) is 96.2 Å². The van der Waals surface area contributed by atoms with Crippen LogP contribution in [0.1, 0.15) is 110 Å². The number of carbonyl (C=O) groups excluding carboxylic acids is 1. The second-order valence-corrected chi connectivity index (χ2v) is 7.90. The van der Waals surface area contributed by atoms with E-state index in [2.05, 4.69) is 6.92 Å². The van der Waals surface area contributed by atoms with E-state index in [9.17, 15) is 9.90 Å². The van der Waals surface area contributed by atoms with Crippen molar-refractivity contribution in [3.8, 4) is 0 Å². The molecule has 0 spiro atoms. The van der Waals surface area contributed by atoms with E-state index in [1.54, 1.807) is 0 Å². The number of carbonyl (C=O) groups is 1. The van der Waals surface area contributed by atoms with Gasteiger partial charge in [0.1, 0.15) is 6.10 Å². The Kier molecular flexibility index (Phi) is 21.5. The molecule has 6 nitrogen and oxygen atoms in total. The molecule has 2 atom stereocenters. The molecule has 0 radical (unpaired) electrons. The van der Waals surface area contributed by atoms with Crippen molar-refractivity contribution in [2.24, 2.45) is 0 Å². The first-order valence-corrected chi connectivity index (χ1v) is 11.9. The number of aliphatic hydroxyl groups excluding tert-OH is 3. The van der Waals surface area contributed by atoms with Gasteiger partial charge < -0.3 is 24.8 Å². The number of hydrogen-bond donors (Lipinski definition) is 3. The minimum atomic E-state index is -1.50. The van der Waals surface area contributed by atoms with E-state index in [-0.39, 0.29) is 19.6 Å². The van der Waals surface area contributed by atoms with Crippen LogP contribution in [0.25, 0.3) is 0 Å². The van der Waals surface area contributed by atoms with Crippen molar-refractivity contribution in [3.05, 3.63) is 0 Å². The first-order valence-electron chi connectivity index (χ1n) is 11.9. The summed E-state index contributed by atoms with van der Waals surface area (Å²) >= 11 is 0. The highest BCUT2D eigenvalue weighted by Gasteiger charge is 2.22. The van der Waals surface area contributed by atoms with Crippen molar-refractivity contribution in [2.75, 3.05) is 19.8 Å². The Labute approximate surface area is 178 Å². The predicted molar refractivity (Wildman–Crippen MR) is 116 cm³/mol. The Morgan fingerprint density at radius 2 is 1.21 bits per heavy atom. The summed E-state index contributed by atoms with van der Waals surface area (Å²) in [5.74, 6) is -0.488. The molecule has 174 valence electrons. The SMILES string of the molecule is CCCCCCCCCCCCCCCCCC(=O)OC(O)C(CO)OCCO. The number of aliphatic hydroxyl groups is 3. The van der Waals surface area contributed by atoms with E-state index in [1.165, 1.54) is 77.0 Å². The molecule has 0 aliphatic carbocycles. The van der Waals surface area contributed by atoms with Gasteiger partial charge in [-0.2, -0.15) is 0 Å². The fourth-order valence-corrected chi connectivity index (χ4v) is 3.34. The molecule has 0 aliphatic heterocycles. The zero-order valence-electron chi connectivity index (χ0n) is 18.7. The molecule has 0 aliphatic rings. The first kappa shape index (κ1) is 28.3. The standard InChI is InChI=1S/C23H46O6/c1-2-3-4-5-6-7-8-9-10-11-12-13-14-15-16-17-22(26)29-23(27)21(20-25)28-19-18-24/h21,23-25,27H,2-20H2,1H3. The monoisotopic (exact) mass is 418 g/mol. The molecule has 0 saturated heterocycles. The van der Waals surface area contributed by atoms with Crippen molar-refractivity contribution in [3.63, 3.8) is 0 Å². The summed E-state index contributed by atoms with van der Waals surface area (Å²) in [6, 6.07) is 0. The molecule has 0 rings (SSSR count). The highest BCUT2D eigenvalue weighted by molar-refractivity contribution is 5.69. The van der Waals surface area contributed by atoms with E-state index < -0.39 is 25.0 Å². The van der Waals surface area contributed by atoms with Crippen LogP contribution in [0.2, 0.25) is 0 Å². The van der Waals surface area contributed by atoms with Gasteiger partial charge in [0.2, 0.25) is 6.29 Å². The molecule has 2 unspecified atom stereocenters. The van der Waals surface area contributed by atoms with Gasteiger partial charge in [-0.1, -0.05) is 96.8 Å². The van der Waals surface area contributed by atoms with Gasteiger partial charge in [0, 0.05) is 6.42 Å². The van der Waals surface area contributed by atoms with Crippen molar-refractivity contribution < 1.29 is 29.6 Å². The second-order valence-electron chi connectivity index (χ2n) is 7.90. The van der Waals surface area contributed by atoms with Crippen molar-refractivity contribution >= 4 is 5.97 Å². The molecular weight excluding hydrogens is 372 g/mol. The quantitative estimate of drug-likeness (QED) is 0.136. The van der Waals surface area contributed by atoms with E-state index in [4.69, 9.17) is 19.7 Å². The summed E-state index contributed by atoms with van der Waals surface area (Å²) in [6.45, 7) is 1.52. The lowest BCUT2D eigenvalue weighted by Gasteiger charge is -2.20. The lowest BCUT2D eigenvalue weighted by Crippen LogP contribution is -2.36. The Balaban J connectivity index is 3.40. The fourth-order valence-electron chi connectivity index (χ4n) is 3.34. The summed E-state index contributed by atoms with van der Waals surface area (Å²) in [4.78, 5) is 11.7. The maximum Gasteiger partial charge on any atom is 0.308 e. The van der Waals surface area contributed by atoms with Crippen LogP contribution in [0.5, 0.6) is 0 Å². The Morgan fingerprint density at radius 1 is 0.759 bits per heavy atom. The maximum atomic E-state index is 11.7. The van der Waals surface area contributed by atoms with Crippen LogP contribution in [0, 0.1) is 0 Å². The van der Waals surface area contributed by atoms with Crippen LogP contribution in [0.3, 0.4) is 0 Å². The summed E-state index contributed by atoms with van der Waals surface area (Å²) < 4.78 is 9.88. The molecule has 0 aromatic rings. The third-order valence-electron chi connectivity index (χ3n) is 5.16. The number of hydrogen-bond acceptors (Lipinski definition) is 6. The second kappa shape index (κ2) is 22.0. The molecule has 29 heavy (non-hydrogen) atoms. The van der Waals surface area contributed by atoms with Gasteiger partial charge in [0.05, 0.1) is 19.8 Å². The Bertz CT molecular complexity index is 350. The van der Waals surface area contributed by atoms with Crippen molar-refractivity contribution in [1.29, 1.82) is 0 Å². The van der Waals surface area contributed by atoms with E-state index in [1.807, 2.05) is 0 Å². The molecule has 0 aromatic heterocycles. The number of unbranched alkanes of at least 4 members (excludes halogenated alkanes) is 14. The Hall–Kier alpha value is -0.690. The molecule has 0 fully saturated rings. The number of esters is 1. The van der Waals surface area contributed by atoms with Gasteiger partial charge in [0.15, 0.2) is 0 Å². The van der Waals surface area contributed by atoms with Crippen molar-refractivity contribution in [2.45, 2.75) is 122 Å². The molecule has 6 heteroatoms. The predicted octanol–water partition coefficient (Wildman–Crippen LogP) is 4.48. The number of rotatable bonds is 22. The van der Waals surface area contributed by atoms with Crippen LogP contribution in [-0.4, -0.2) is 53.5 Å². The van der Waals surface area contributed by atoms with E-state index in [0.29, 0.717) is 0 Å². The highest BCUT2D eigenvalue weighted by atomic mass is 16.7. The normalized spacial score (nSPS) is 13.4. The lowest BCUT2D eigenvalue weighted by molar-refractivity contribution is -0.200. The van der Waals surface area contributed by atoms with Crippen LogP contribution < -0.4 is 0 Å². The van der Waals surface area contributed by atoms with Gasteiger partial charge in [-0.3, -0.25) is 4.79 Å². The van der Waals surface area contributed by atoms with E-state index >= 15 is 0 Å². The molecule has 0 saturated carbocycles. The van der Waals surface area contributed by atoms with Gasteiger partial charge >= 0.3 is 5.97 Å². The van der Waals surface area contributed by atoms with Gasteiger partial charge in [-0.05, 0) is 6.42 Å². The lowest BCUT2D eigenvalue weighted by atomic mass is 10.0. The zero-order chi connectivity index (χ0) is 21.6. The van der Waals surface area contributed by atoms with Crippen LogP contribution in [0.15, 0.2) is 0 Å². The number of ether oxygens (including phenoxy) is 2. The largest absolute Gasteiger partial charge is 0.433 e. The molecule has 0 bridgehead atoms. The van der Waals surface area contributed by atoms with Gasteiger partial charge in [0.25, 0.3) is 0 Å².